The minimum atomic E-state index is -0.627. The molecule has 2 fully saturated rings. The summed E-state index contributed by atoms with van der Waals surface area (Å²) < 4.78 is 20.4. The molecule has 162 valence electrons. The van der Waals surface area contributed by atoms with Gasteiger partial charge in [0.05, 0.1) is 12.0 Å². The van der Waals surface area contributed by atoms with Gasteiger partial charge in [-0.05, 0) is 31.5 Å². The van der Waals surface area contributed by atoms with Crippen LogP contribution in [0.5, 0.6) is 0 Å². The van der Waals surface area contributed by atoms with Crippen molar-refractivity contribution in [3.8, 4) is 11.1 Å². The number of ether oxygens (including phenoxy) is 3. The second-order valence-corrected chi connectivity index (χ2v) is 8.59. The number of benzene rings is 2. The molecule has 7 nitrogen and oxygen atoms in total. The zero-order valence-electron chi connectivity index (χ0n) is 17.9. The van der Waals surface area contributed by atoms with Crippen LogP contribution in [0.25, 0.3) is 22.2 Å². The average molecular weight is 428 g/mol. The van der Waals surface area contributed by atoms with Crippen LogP contribution in [0, 0.1) is 0 Å². The summed E-state index contributed by atoms with van der Waals surface area (Å²) in [6.45, 7) is 4.37. The Bertz CT molecular complexity index is 1260. The number of rotatable bonds is 4. The van der Waals surface area contributed by atoms with Crippen molar-refractivity contribution in [2.45, 2.75) is 38.1 Å². The summed E-state index contributed by atoms with van der Waals surface area (Å²) >= 11 is 0. The van der Waals surface area contributed by atoms with Gasteiger partial charge >= 0.3 is 0 Å². The topological polar surface area (TPSA) is 70.4 Å². The van der Waals surface area contributed by atoms with Crippen LogP contribution in [-0.4, -0.2) is 39.1 Å². The van der Waals surface area contributed by atoms with E-state index in [0.29, 0.717) is 6.61 Å². The first-order valence-corrected chi connectivity index (χ1v) is 10.8. The number of nitrogens with zero attached hydrogens (tertiary/aromatic N) is 3. The molecule has 0 unspecified atom stereocenters. The molecule has 0 aliphatic carbocycles. The molecule has 0 bridgehead atoms. The largest absolute Gasteiger partial charge is 0.352 e. The maximum atomic E-state index is 6.20. The molecule has 2 saturated heterocycles. The molecule has 2 aromatic carbocycles. The number of hydrogen-bond donors (Lipinski definition) is 1. The van der Waals surface area contributed by atoms with Gasteiger partial charge in [0.25, 0.3) is 0 Å². The highest BCUT2D eigenvalue weighted by Crippen LogP contribution is 2.43. The minimum absolute atomic E-state index is 0.101. The fraction of sp³-hybridized carbons (Fsp3) is 0.280. The predicted octanol–water partition coefficient (Wildman–Crippen LogP) is 4.89. The molecule has 6 rings (SSSR count). The van der Waals surface area contributed by atoms with Crippen molar-refractivity contribution in [3.63, 3.8) is 0 Å². The first-order chi connectivity index (χ1) is 15.6. The van der Waals surface area contributed by atoms with Gasteiger partial charge < -0.3 is 24.1 Å². The van der Waals surface area contributed by atoms with Gasteiger partial charge in [0, 0.05) is 17.4 Å². The Kier molecular flexibility index (Phi) is 4.50. The third kappa shape index (κ3) is 3.26. The van der Waals surface area contributed by atoms with Crippen LogP contribution >= 0.6 is 0 Å². The van der Waals surface area contributed by atoms with Crippen LogP contribution in [0.4, 0.5) is 11.5 Å². The van der Waals surface area contributed by atoms with E-state index in [2.05, 4.69) is 38.2 Å². The van der Waals surface area contributed by atoms with Gasteiger partial charge in [-0.2, -0.15) is 0 Å². The van der Waals surface area contributed by atoms with E-state index in [1.54, 1.807) is 6.33 Å². The number of fused-ring (bicyclic) bond motifs is 2. The molecular weight excluding hydrogens is 404 g/mol. The Morgan fingerprint density at radius 2 is 1.72 bits per heavy atom. The van der Waals surface area contributed by atoms with Crippen LogP contribution in [0.1, 0.15) is 20.1 Å². The van der Waals surface area contributed by atoms with Crippen molar-refractivity contribution in [1.29, 1.82) is 0 Å². The molecule has 2 aromatic heterocycles. The highest BCUT2D eigenvalue weighted by Gasteiger charge is 2.51. The van der Waals surface area contributed by atoms with Crippen molar-refractivity contribution in [2.24, 2.45) is 0 Å². The number of aromatic nitrogens is 3. The zero-order valence-corrected chi connectivity index (χ0v) is 17.9. The molecule has 0 saturated carbocycles. The molecule has 2 aliphatic heterocycles. The number of para-hydroxylation sites is 1. The van der Waals surface area contributed by atoms with Crippen molar-refractivity contribution < 1.29 is 14.2 Å². The number of nitrogens with one attached hydrogen (secondary N) is 1. The Morgan fingerprint density at radius 1 is 0.969 bits per heavy atom. The third-order valence-electron chi connectivity index (χ3n) is 5.94. The van der Waals surface area contributed by atoms with Crippen LogP contribution in [0.15, 0.2) is 73.2 Å². The molecule has 4 heterocycles. The normalized spacial score (nSPS) is 24.0. The second kappa shape index (κ2) is 7.41. The molecular formula is C25H24N4O3. The van der Waals surface area contributed by atoms with Gasteiger partial charge in [0.2, 0.25) is 0 Å². The van der Waals surface area contributed by atoms with Crippen LogP contribution in [-0.2, 0) is 14.2 Å². The van der Waals surface area contributed by atoms with E-state index < -0.39 is 5.79 Å². The first-order valence-electron chi connectivity index (χ1n) is 10.8. The van der Waals surface area contributed by atoms with E-state index >= 15 is 0 Å². The number of hydrogen-bond acceptors (Lipinski definition) is 6. The lowest BCUT2D eigenvalue weighted by molar-refractivity contribution is -0.183. The summed E-state index contributed by atoms with van der Waals surface area (Å²) in [7, 11) is 0. The summed E-state index contributed by atoms with van der Waals surface area (Å²) in [5.41, 5.74) is 3.87. The Hall–Kier alpha value is -3.26. The molecule has 7 heteroatoms. The summed E-state index contributed by atoms with van der Waals surface area (Å²) in [5, 5.41) is 4.40. The van der Waals surface area contributed by atoms with Gasteiger partial charge in [-0.15, -0.1) is 0 Å². The van der Waals surface area contributed by atoms with Crippen LogP contribution in [0.2, 0.25) is 0 Å². The summed E-state index contributed by atoms with van der Waals surface area (Å²) in [5.74, 6) is 0.120. The van der Waals surface area contributed by atoms with Crippen molar-refractivity contribution in [3.05, 3.63) is 73.2 Å². The average Bonchev–Trinajstić information content (AvgIpc) is 3.45. The molecule has 2 aliphatic rings. The highest BCUT2D eigenvalue weighted by atomic mass is 16.8. The lowest BCUT2D eigenvalue weighted by Crippen LogP contribution is -2.27. The molecule has 1 N–H and O–H groups in total. The second-order valence-electron chi connectivity index (χ2n) is 8.59. The maximum Gasteiger partial charge on any atom is 0.164 e. The van der Waals surface area contributed by atoms with Gasteiger partial charge in [-0.3, -0.25) is 0 Å². The molecule has 32 heavy (non-hydrogen) atoms. The van der Waals surface area contributed by atoms with E-state index in [-0.39, 0.29) is 18.4 Å². The van der Waals surface area contributed by atoms with Crippen molar-refractivity contribution in [1.82, 2.24) is 14.5 Å². The summed E-state index contributed by atoms with van der Waals surface area (Å²) in [6.07, 6.45) is 3.04. The van der Waals surface area contributed by atoms with Gasteiger partial charge in [0.15, 0.2) is 12.0 Å². The lowest BCUT2D eigenvalue weighted by atomic mass is 10.1. The van der Waals surface area contributed by atoms with Crippen LogP contribution in [0.3, 0.4) is 0 Å². The quantitative estimate of drug-likeness (QED) is 0.499. The molecule has 0 amide bonds. The predicted molar refractivity (Wildman–Crippen MR) is 122 cm³/mol. The summed E-state index contributed by atoms with van der Waals surface area (Å²) in [6, 6.07) is 20.3. The van der Waals surface area contributed by atoms with Crippen molar-refractivity contribution in [2.75, 3.05) is 11.9 Å². The van der Waals surface area contributed by atoms with E-state index in [4.69, 9.17) is 14.2 Å². The molecule has 4 aromatic rings. The molecule has 0 radical (unpaired) electrons. The Labute approximate surface area is 186 Å². The monoisotopic (exact) mass is 428 g/mol. The zero-order chi connectivity index (χ0) is 21.7. The highest BCUT2D eigenvalue weighted by molar-refractivity contribution is 6.02. The fourth-order valence-corrected chi connectivity index (χ4v) is 4.63. The maximum absolute atomic E-state index is 6.20. The van der Waals surface area contributed by atoms with E-state index in [9.17, 15) is 0 Å². The van der Waals surface area contributed by atoms with E-state index in [1.807, 2.05) is 62.4 Å². The van der Waals surface area contributed by atoms with Crippen LogP contribution < -0.4 is 5.32 Å². The van der Waals surface area contributed by atoms with E-state index in [0.717, 1.165) is 33.7 Å². The Morgan fingerprint density at radius 3 is 2.50 bits per heavy atom. The molecule has 0 spiro atoms. The fourth-order valence-electron chi connectivity index (χ4n) is 4.63. The van der Waals surface area contributed by atoms with Crippen molar-refractivity contribution >= 4 is 22.5 Å². The Balaban J connectivity index is 1.51. The SMILES string of the molecule is CC1(C)O[C@H]2[C@H](n3cc(-c4ccccc4)c4c(Nc5ccccc5)ncnc43)OC[C@H]2O1. The third-order valence-corrected chi connectivity index (χ3v) is 5.94. The molecule has 3 atom stereocenters. The van der Waals surface area contributed by atoms with Gasteiger partial charge in [-0.1, -0.05) is 48.5 Å². The van der Waals surface area contributed by atoms with E-state index in [1.165, 1.54) is 0 Å². The first kappa shape index (κ1) is 19.4. The van der Waals surface area contributed by atoms with Gasteiger partial charge in [0.1, 0.15) is 30.0 Å². The minimum Gasteiger partial charge on any atom is -0.352 e. The number of anilines is 2. The lowest BCUT2D eigenvalue weighted by Gasteiger charge is -2.23. The smallest absolute Gasteiger partial charge is 0.164 e. The summed E-state index contributed by atoms with van der Waals surface area (Å²) in [4.78, 5) is 9.25. The standard InChI is InChI=1S/C25H24N4O3/c1-25(2)31-19-14-30-24(21(19)32-25)29-13-18(16-9-5-3-6-10-16)20-22(26-15-27-23(20)29)28-17-11-7-4-8-12-17/h3-13,15,19,21,24H,14H2,1-2H3,(H,26,27,28)/t19-,21-,24-/m1/s1. The van der Waals surface area contributed by atoms with Gasteiger partial charge in [-0.25, -0.2) is 9.97 Å².